The van der Waals surface area contributed by atoms with E-state index in [4.69, 9.17) is 4.74 Å². The molecule has 0 saturated carbocycles. The van der Waals surface area contributed by atoms with E-state index < -0.39 is 17.5 Å². The summed E-state index contributed by atoms with van der Waals surface area (Å²) in [5.41, 5.74) is 0.886. The Hall–Kier alpha value is -2.17. The zero-order chi connectivity index (χ0) is 14.7. The molecule has 0 aromatic heterocycles. The van der Waals surface area contributed by atoms with Crippen LogP contribution in [0.25, 0.3) is 0 Å². The van der Waals surface area contributed by atoms with Crippen LogP contribution in [0.4, 0.5) is 18.9 Å². The van der Waals surface area contributed by atoms with Crippen molar-refractivity contribution in [3.8, 4) is 5.75 Å². The number of hydrogen-bond donors (Lipinski definition) is 1. The van der Waals surface area contributed by atoms with E-state index >= 15 is 0 Å². The van der Waals surface area contributed by atoms with E-state index in [0.29, 0.717) is 5.56 Å². The van der Waals surface area contributed by atoms with Crippen molar-refractivity contribution in [3.05, 3.63) is 58.9 Å². The Kier molecular flexibility index (Phi) is 4.17. The van der Waals surface area contributed by atoms with E-state index in [9.17, 15) is 13.2 Å². The van der Waals surface area contributed by atoms with Crippen molar-refractivity contribution in [1.29, 1.82) is 0 Å². The van der Waals surface area contributed by atoms with Gasteiger partial charge in [-0.1, -0.05) is 6.07 Å². The molecular formula is C15H14F3NO. The molecule has 0 bridgehead atoms. The second-order valence-corrected chi connectivity index (χ2v) is 4.40. The molecule has 0 aliphatic rings. The summed E-state index contributed by atoms with van der Waals surface area (Å²) in [6, 6.07) is 6.63. The highest BCUT2D eigenvalue weighted by Gasteiger charge is 2.08. The van der Waals surface area contributed by atoms with Gasteiger partial charge in [0.2, 0.25) is 0 Å². The van der Waals surface area contributed by atoms with Crippen molar-refractivity contribution < 1.29 is 17.9 Å². The molecule has 0 saturated heterocycles. The van der Waals surface area contributed by atoms with Crippen LogP contribution < -0.4 is 10.1 Å². The average Bonchev–Trinajstić information content (AvgIpc) is 2.41. The second kappa shape index (κ2) is 5.86. The van der Waals surface area contributed by atoms with Gasteiger partial charge in [0.1, 0.15) is 11.6 Å². The number of anilines is 1. The molecule has 1 N–H and O–H groups in total. The van der Waals surface area contributed by atoms with Crippen LogP contribution in [0.15, 0.2) is 30.3 Å². The van der Waals surface area contributed by atoms with Gasteiger partial charge >= 0.3 is 0 Å². The van der Waals surface area contributed by atoms with Crippen molar-refractivity contribution in [2.45, 2.75) is 13.5 Å². The zero-order valence-electron chi connectivity index (χ0n) is 11.1. The van der Waals surface area contributed by atoms with E-state index in [0.717, 1.165) is 12.1 Å². The highest BCUT2D eigenvalue weighted by atomic mass is 19.1. The third-order valence-corrected chi connectivity index (χ3v) is 2.95. The van der Waals surface area contributed by atoms with Crippen molar-refractivity contribution in [2.75, 3.05) is 12.4 Å². The lowest BCUT2D eigenvalue weighted by molar-refractivity contribution is 0.386. The van der Waals surface area contributed by atoms with E-state index in [1.165, 1.54) is 26.2 Å². The first-order chi connectivity index (χ1) is 9.51. The highest BCUT2D eigenvalue weighted by molar-refractivity contribution is 5.47. The summed E-state index contributed by atoms with van der Waals surface area (Å²) in [4.78, 5) is 0. The van der Waals surface area contributed by atoms with Crippen LogP contribution in [0.1, 0.15) is 11.1 Å². The molecule has 2 nitrogen and oxygen atoms in total. The maximum Gasteiger partial charge on any atom is 0.165 e. The number of ether oxygens (including phenoxy) is 1. The van der Waals surface area contributed by atoms with Gasteiger partial charge in [0.15, 0.2) is 11.6 Å². The Bertz CT molecular complexity index is 629. The van der Waals surface area contributed by atoms with Crippen LogP contribution in [0, 0.1) is 24.4 Å². The van der Waals surface area contributed by atoms with Crippen molar-refractivity contribution in [1.82, 2.24) is 0 Å². The van der Waals surface area contributed by atoms with Gasteiger partial charge in [0.25, 0.3) is 0 Å². The van der Waals surface area contributed by atoms with Crippen LogP contribution in [-0.4, -0.2) is 7.11 Å². The maximum atomic E-state index is 13.6. The molecule has 0 atom stereocenters. The summed E-state index contributed by atoms with van der Waals surface area (Å²) in [7, 11) is 1.38. The number of hydrogen-bond acceptors (Lipinski definition) is 2. The third-order valence-electron chi connectivity index (χ3n) is 2.95. The predicted molar refractivity (Wildman–Crippen MR) is 71.4 cm³/mol. The normalized spacial score (nSPS) is 10.4. The van der Waals surface area contributed by atoms with Crippen LogP contribution in [0.2, 0.25) is 0 Å². The summed E-state index contributed by atoms with van der Waals surface area (Å²) in [5.74, 6) is -1.39. The lowest BCUT2D eigenvalue weighted by Crippen LogP contribution is -2.03. The Morgan fingerprint density at radius 2 is 1.75 bits per heavy atom. The molecule has 2 rings (SSSR count). The van der Waals surface area contributed by atoms with E-state index in [2.05, 4.69) is 5.32 Å². The van der Waals surface area contributed by atoms with Gasteiger partial charge in [-0.25, -0.2) is 13.2 Å². The molecule has 2 aromatic rings. The first-order valence-corrected chi connectivity index (χ1v) is 6.03. The van der Waals surface area contributed by atoms with Crippen LogP contribution in [-0.2, 0) is 6.54 Å². The fourth-order valence-corrected chi connectivity index (χ4v) is 1.80. The smallest absolute Gasteiger partial charge is 0.165 e. The number of benzene rings is 2. The quantitative estimate of drug-likeness (QED) is 0.913. The first kappa shape index (κ1) is 14.2. The molecule has 106 valence electrons. The molecule has 0 aliphatic carbocycles. The number of halogens is 3. The first-order valence-electron chi connectivity index (χ1n) is 6.03. The minimum absolute atomic E-state index is 0.0457. The van der Waals surface area contributed by atoms with E-state index in [1.807, 2.05) is 0 Å². The van der Waals surface area contributed by atoms with E-state index in [1.54, 1.807) is 6.07 Å². The molecule has 0 spiro atoms. The predicted octanol–water partition coefficient (Wildman–Crippen LogP) is 4.03. The van der Waals surface area contributed by atoms with Gasteiger partial charge in [0.05, 0.1) is 12.8 Å². The number of nitrogens with one attached hydrogen (secondary N) is 1. The molecule has 0 unspecified atom stereocenters. The lowest BCUT2D eigenvalue weighted by Gasteiger charge is -2.10. The number of methoxy groups -OCH3 is 1. The Balaban J connectivity index is 2.13. The largest absolute Gasteiger partial charge is 0.494 e. The fraction of sp³-hybridized carbons (Fsp3) is 0.200. The minimum atomic E-state index is -0.544. The van der Waals surface area contributed by atoms with Crippen molar-refractivity contribution >= 4 is 5.69 Å². The maximum absolute atomic E-state index is 13.6. The molecule has 0 fully saturated rings. The van der Waals surface area contributed by atoms with Gasteiger partial charge in [-0.2, -0.15) is 0 Å². The molecule has 2 aromatic carbocycles. The molecule has 20 heavy (non-hydrogen) atoms. The van der Waals surface area contributed by atoms with Crippen molar-refractivity contribution in [3.63, 3.8) is 0 Å². The van der Waals surface area contributed by atoms with Gasteiger partial charge in [0, 0.05) is 12.6 Å². The van der Waals surface area contributed by atoms with Gasteiger partial charge in [-0.15, -0.1) is 0 Å². The van der Waals surface area contributed by atoms with Crippen LogP contribution >= 0.6 is 0 Å². The summed E-state index contributed by atoms with van der Waals surface area (Å²) in [6.45, 7) is 1.67. The van der Waals surface area contributed by atoms with Crippen molar-refractivity contribution in [2.24, 2.45) is 0 Å². The third kappa shape index (κ3) is 3.04. The summed E-state index contributed by atoms with van der Waals surface area (Å²) >= 11 is 0. The molecule has 0 aliphatic heterocycles. The fourth-order valence-electron chi connectivity index (χ4n) is 1.80. The Labute approximate surface area is 115 Å². The van der Waals surface area contributed by atoms with Gasteiger partial charge < -0.3 is 10.1 Å². The Morgan fingerprint density at radius 3 is 2.40 bits per heavy atom. The summed E-state index contributed by atoms with van der Waals surface area (Å²) in [6.07, 6.45) is 0. The van der Waals surface area contributed by atoms with Crippen LogP contribution in [0.5, 0.6) is 5.75 Å². The second-order valence-electron chi connectivity index (χ2n) is 4.40. The highest BCUT2D eigenvalue weighted by Crippen LogP contribution is 2.21. The summed E-state index contributed by atoms with van der Waals surface area (Å²) in [5, 5.41) is 2.74. The zero-order valence-corrected chi connectivity index (χ0v) is 11.1. The average molecular weight is 281 g/mol. The lowest BCUT2D eigenvalue weighted by atomic mass is 10.1. The topological polar surface area (TPSA) is 21.3 Å². The monoisotopic (exact) mass is 281 g/mol. The van der Waals surface area contributed by atoms with E-state index in [-0.39, 0.29) is 23.5 Å². The SMILES string of the molecule is COc1ccc(CNc2cc(F)c(C)cc2F)cc1F. The van der Waals surface area contributed by atoms with Crippen LogP contribution in [0.3, 0.4) is 0 Å². The minimum Gasteiger partial charge on any atom is -0.494 e. The summed E-state index contributed by atoms with van der Waals surface area (Å²) < 4.78 is 45.3. The molecule has 5 heteroatoms. The standard InChI is InChI=1S/C15H14F3NO/c1-9-5-12(17)14(7-11(9)16)19-8-10-3-4-15(20-2)13(18)6-10/h3-7,19H,8H2,1-2H3. The molecular weight excluding hydrogens is 267 g/mol. The van der Waals surface area contributed by atoms with Gasteiger partial charge in [-0.3, -0.25) is 0 Å². The molecule has 0 amide bonds. The molecule has 0 heterocycles. The van der Waals surface area contributed by atoms with Gasteiger partial charge in [-0.05, 0) is 36.2 Å². The number of aryl methyl sites for hydroxylation is 1. The number of rotatable bonds is 4. The Morgan fingerprint density at radius 1 is 1.00 bits per heavy atom. The molecule has 0 radical (unpaired) electrons.